The standard InChI is InChI=1S/C18H21ClN2O3/c19-15-5-1-4-13-14-9-21(7-6-16(14)20-18(13)15)17(22)11-23-10-12-3-2-8-24-12/h1,4-5,12,20H,2-3,6-11H2/t12-/m0/s1. The van der Waals surface area contributed by atoms with Gasteiger partial charge in [-0.1, -0.05) is 23.7 Å². The first-order valence-corrected chi connectivity index (χ1v) is 8.85. The third-order valence-corrected chi connectivity index (χ3v) is 5.18. The summed E-state index contributed by atoms with van der Waals surface area (Å²) in [7, 11) is 0. The number of aromatic nitrogens is 1. The Bertz CT molecular complexity index is 752. The Balaban J connectivity index is 1.41. The van der Waals surface area contributed by atoms with Crippen molar-refractivity contribution in [3.05, 3.63) is 34.5 Å². The Kier molecular flexibility index (Phi) is 4.48. The number of rotatable bonds is 4. The second kappa shape index (κ2) is 6.75. The molecule has 3 heterocycles. The fourth-order valence-corrected chi connectivity index (χ4v) is 3.78. The normalized spacial score (nSPS) is 20.5. The molecule has 24 heavy (non-hydrogen) atoms. The van der Waals surface area contributed by atoms with Gasteiger partial charge in [0.15, 0.2) is 0 Å². The number of ether oxygens (including phenoxy) is 2. The summed E-state index contributed by atoms with van der Waals surface area (Å²) in [5.74, 6) is 0.0371. The van der Waals surface area contributed by atoms with Crippen molar-refractivity contribution >= 4 is 28.4 Å². The van der Waals surface area contributed by atoms with Crippen molar-refractivity contribution in [2.45, 2.75) is 31.9 Å². The second-order valence-corrected chi connectivity index (χ2v) is 6.87. The van der Waals surface area contributed by atoms with E-state index in [1.807, 2.05) is 17.0 Å². The summed E-state index contributed by atoms with van der Waals surface area (Å²) < 4.78 is 11.1. The average molecular weight is 349 g/mol. The molecule has 2 aliphatic rings. The highest BCUT2D eigenvalue weighted by atomic mass is 35.5. The number of para-hydroxylation sites is 1. The van der Waals surface area contributed by atoms with E-state index in [0.717, 1.165) is 41.8 Å². The Morgan fingerprint density at radius 1 is 1.46 bits per heavy atom. The Hall–Kier alpha value is -1.56. The Labute approximate surface area is 145 Å². The van der Waals surface area contributed by atoms with Gasteiger partial charge in [-0.2, -0.15) is 0 Å². The molecule has 2 aromatic rings. The van der Waals surface area contributed by atoms with Crippen LogP contribution in [0.4, 0.5) is 0 Å². The molecule has 0 saturated carbocycles. The zero-order valence-electron chi connectivity index (χ0n) is 13.5. The highest BCUT2D eigenvalue weighted by molar-refractivity contribution is 6.35. The van der Waals surface area contributed by atoms with Crippen LogP contribution in [0.15, 0.2) is 18.2 Å². The average Bonchev–Trinajstić information content (AvgIpc) is 3.22. The maximum absolute atomic E-state index is 12.4. The van der Waals surface area contributed by atoms with Gasteiger partial charge < -0.3 is 19.4 Å². The largest absolute Gasteiger partial charge is 0.376 e. The molecule has 1 atom stereocenters. The smallest absolute Gasteiger partial charge is 0.248 e. The first-order valence-electron chi connectivity index (χ1n) is 8.47. The lowest BCUT2D eigenvalue weighted by Crippen LogP contribution is -2.38. The van der Waals surface area contributed by atoms with Gasteiger partial charge in [0.1, 0.15) is 6.61 Å². The van der Waals surface area contributed by atoms with Crippen LogP contribution in [0.3, 0.4) is 0 Å². The van der Waals surface area contributed by atoms with Crippen LogP contribution in [0.5, 0.6) is 0 Å². The Morgan fingerprint density at radius 3 is 3.21 bits per heavy atom. The molecule has 128 valence electrons. The monoisotopic (exact) mass is 348 g/mol. The molecular formula is C18H21ClN2O3. The van der Waals surface area contributed by atoms with Crippen LogP contribution < -0.4 is 0 Å². The minimum atomic E-state index is 0.0371. The highest BCUT2D eigenvalue weighted by Crippen LogP contribution is 2.31. The van der Waals surface area contributed by atoms with Gasteiger partial charge in [0.2, 0.25) is 5.91 Å². The van der Waals surface area contributed by atoms with Gasteiger partial charge in [0, 0.05) is 42.8 Å². The number of hydrogen-bond acceptors (Lipinski definition) is 3. The lowest BCUT2D eigenvalue weighted by Gasteiger charge is -2.27. The van der Waals surface area contributed by atoms with E-state index in [-0.39, 0.29) is 18.6 Å². The van der Waals surface area contributed by atoms with Gasteiger partial charge in [-0.25, -0.2) is 0 Å². The molecule has 2 aliphatic heterocycles. The summed E-state index contributed by atoms with van der Waals surface area (Å²) in [5, 5.41) is 1.83. The number of halogens is 1. The molecule has 0 aliphatic carbocycles. The summed E-state index contributed by atoms with van der Waals surface area (Å²) in [6.07, 6.45) is 3.08. The zero-order chi connectivity index (χ0) is 16.5. The van der Waals surface area contributed by atoms with Crippen molar-refractivity contribution < 1.29 is 14.3 Å². The fourth-order valence-electron chi connectivity index (χ4n) is 3.56. The van der Waals surface area contributed by atoms with Crippen LogP contribution in [0.1, 0.15) is 24.1 Å². The number of benzene rings is 1. The lowest BCUT2D eigenvalue weighted by atomic mass is 10.0. The second-order valence-electron chi connectivity index (χ2n) is 6.46. The molecule has 1 N–H and O–H groups in total. The predicted octanol–water partition coefficient (Wildman–Crippen LogP) is 2.90. The van der Waals surface area contributed by atoms with E-state index in [4.69, 9.17) is 21.1 Å². The number of aromatic amines is 1. The molecule has 1 fully saturated rings. The van der Waals surface area contributed by atoms with Crippen molar-refractivity contribution in [3.8, 4) is 0 Å². The van der Waals surface area contributed by atoms with Gasteiger partial charge in [-0.05, 0) is 18.9 Å². The predicted molar refractivity (Wildman–Crippen MR) is 92.2 cm³/mol. The summed E-state index contributed by atoms with van der Waals surface area (Å²) in [4.78, 5) is 17.7. The van der Waals surface area contributed by atoms with E-state index in [2.05, 4.69) is 11.1 Å². The van der Waals surface area contributed by atoms with Gasteiger partial charge in [-0.15, -0.1) is 0 Å². The molecule has 0 unspecified atom stereocenters. The van der Waals surface area contributed by atoms with Crippen LogP contribution in [0.25, 0.3) is 10.9 Å². The summed E-state index contributed by atoms with van der Waals surface area (Å²) in [6, 6.07) is 5.89. The first-order chi connectivity index (χ1) is 11.7. The van der Waals surface area contributed by atoms with Crippen molar-refractivity contribution in [2.75, 3.05) is 26.4 Å². The van der Waals surface area contributed by atoms with E-state index in [1.165, 1.54) is 11.3 Å². The quantitative estimate of drug-likeness (QED) is 0.924. The third kappa shape index (κ3) is 3.04. The molecule has 1 saturated heterocycles. The highest BCUT2D eigenvalue weighted by Gasteiger charge is 2.25. The van der Waals surface area contributed by atoms with Crippen molar-refractivity contribution in [3.63, 3.8) is 0 Å². The molecule has 5 nitrogen and oxygen atoms in total. The topological polar surface area (TPSA) is 54.6 Å². The number of carbonyl (C=O) groups is 1. The minimum absolute atomic E-state index is 0.0371. The molecule has 0 bridgehead atoms. The SMILES string of the molecule is O=C(COC[C@@H]1CCCO1)N1CCc2[nH]c3c(Cl)cccc3c2C1. The number of fused-ring (bicyclic) bond motifs is 3. The molecule has 4 rings (SSSR count). The number of nitrogens with zero attached hydrogens (tertiary/aromatic N) is 1. The maximum atomic E-state index is 12.4. The summed E-state index contributed by atoms with van der Waals surface area (Å²) in [5.41, 5.74) is 3.32. The number of amides is 1. The van der Waals surface area contributed by atoms with Crippen LogP contribution >= 0.6 is 11.6 Å². The maximum Gasteiger partial charge on any atom is 0.248 e. The van der Waals surface area contributed by atoms with Gasteiger partial charge in [-0.3, -0.25) is 4.79 Å². The molecule has 0 spiro atoms. The lowest BCUT2D eigenvalue weighted by molar-refractivity contribution is -0.138. The van der Waals surface area contributed by atoms with E-state index in [1.54, 1.807) is 0 Å². The number of hydrogen-bond donors (Lipinski definition) is 1. The molecule has 1 amide bonds. The van der Waals surface area contributed by atoms with E-state index in [0.29, 0.717) is 19.7 Å². The number of carbonyl (C=O) groups excluding carboxylic acids is 1. The van der Waals surface area contributed by atoms with E-state index in [9.17, 15) is 4.79 Å². The van der Waals surface area contributed by atoms with E-state index < -0.39 is 0 Å². The van der Waals surface area contributed by atoms with Crippen LogP contribution in [-0.4, -0.2) is 48.3 Å². The molecule has 1 aromatic heterocycles. The van der Waals surface area contributed by atoms with Gasteiger partial charge >= 0.3 is 0 Å². The van der Waals surface area contributed by atoms with Crippen molar-refractivity contribution in [1.29, 1.82) is 0 Å². The molecule has 0 radical (unpaired) electrons. The first kappa shape index (κ1) is 15.9. The van der Waals surface area contributed by atoms with Crippen molar-refractivity contribution in [2.24, 2.45) is 0 Å². The van der Waals surface area contributed by atoms with Crippen LogP contribution in [-0.2, 0) is 27.2 Å². The minimum Gasteiger partial charge on any atom is -0.376 e. The molecule has 6 heteroatoms. The third-order valence-electron chi connectivity index (χ3n) is 4.87. The molecule has 1 aromatic carbocycles. The van der Waals surface area contributed by atoms with Gasteiger partial charge in [0.05, 0.1) is 23.3 Å². The van der Waals surface area contributed by atoms with Crippen molar-refractivity contribution in [1.82, 2.24) is 9.88 Å². The summed E-state index contributed by atoms with van der Waals surface area (Å²) >= 11 is 6.26. The fraction of sp³-hybridized carbons (Fsp3) is 0.500. The number of H-pyrrole nitrogens is 1. The van der Waals surface area contributed by atoms with Crippen LogP contribution in [0.2, 0.25) is 5.02 Å². The van der Waals surface area contributed by atoms with Crippen LogP contribution in [0, 0.1) is 0 Å². The zero-order valence-corrected chi connectivity index (χ0v) is 14.3. The summed E-state index contributed by atoms with van der Waals surface area (Å²) in [6.45, 7) is 2.75. The Morgan fingerprint density at radius 2 is 2.38 bits per heavy atom. The number of nitrogens with one attached hydrogen (secondary N) is 1. The van der Waals surface area contributed by atoms with Gasteiger partial charge in [0.25, 0.3) is 0 Å². The van der Waals surface area contributed by atoms with E-state index >= 15 is 0 Å². The molecular weight excluding hydrogens is 328 g/mol.